The number of methoxy groups -OCH3 is 2. The molecule has 0 bridgehead atoms. The monoisotopic (exact) mass is 248 g/mol. The van der Waals surface area contributed by atoms with Crippen LogP contribution in [-0.2, 0) is 19.1 Å². The molecule has 0 amide bonds. The minimum atomic E-state index is -1.76. The van der Waals surface area contributed by atoms with Gasteiger partial charge in [-0.05, 0) is 0 Å². The van der Waals surface area contributed by atoms with Crippen LogP contribution in [-0.4, -0.2) is 59.8 Å². The molecule has 1 fully saturated rings. The quantitative estimate of drug-likeness (QED) is 0.390. The van der Waals surface area contributed by atoms with E-state index in [1.807, 2.05) is 0 Å². The lowest BCUT2D eigenvalue weighted by molar-refractivity contribution is -0.188. The number of carbonyl (C=O) groups is 2. The summed E-state index contributed by atoms with van der Waals surface area (Å²) in [6.45, 7) is 0. The van der Waals surface area contributed by atoms with E-state index in [0.717, 1.165) is 14.2 Å². The van der Waals surface area contributed by atoms with E-state index >= 15 is 0 Å². The molecule has 3 N–H and O–H groups in total. The minimum absolute atomic E-state index is 0.343. The van der Waals surface area contributed by atoms with Crippen molar-refractivity contribution in [1.82, 2.24) is 0 Å². The van der Waals surface area contributed by atoms with Crippen LogP contribution in [0.1, 0.15) is 12.8 Å². The van der Waals surface area contributed by atoms with Crippen LogP contribution in [0.4, 0.5) is 0 Å². The summed E-state index contributed by atoms with van der Waals surface area (Å²) >= 11 is 0. The fourth-order valence-electron chi connectivity index (χ4n) is 2.10. The van der Waals surface area contributed by atoms with E-state index in [9.17, 15) is 24.9 Å². The molecule has 1 rings (SSSR count). The molecule has 1 aliphatic rings. The Hall–Kier alpha value is -1.18. The van der Waals surface area contributed by atoms with Crippen molar-refractivity contribution in [3.05, 3.63) is 0 Å². The molecular weight excluding hydrogens is 232 g/mol. The lowest BCUT2D eigenvalue weighted by Gasteiger charge is -2.39. The van der Waals surface area contributed by atoms with Gasteiger partial charge >= 0.3 is 11.9 Å². The van der Waals surface area contributed by atoms with Gasteiger partial charge in [-0.25, -0.2) is 0 Å². The fourth-order valence-corrected chi connectivity index (χ4v) is 2.10. The molecule has 0 aromatic carbocycles. The first-order valence-corrected chi connectivity index (χ1v) is 5.10. The van der Waals surface area contributed by atoms with E-state index < -0.39 is 35.7 Å². The summed E-state index contributed by atoms with van der Waals surface area (Å²) in [6.07, 6.45) is -4.86. The summed E-state index contributed by atoms with van der Waals surface area (Å²) in [5, 5.41) is 28.5. The first-order chi connectivity index (χ1) is 7.89. The van der Waals surface area contributed by atoms with Crippen LogP contribution < -0.4 is 0 Å². The van der Waals surface area contributed by atoms with Crippen molar-refractivity contribution in [2.75, 3.05) is 14.2 Å². The lowest BCUT2D eigenvalue weighted by Crippen LogP contribution is -2.56. The number of rotatable bonds is 2. The molecular formula is C10H16O7. The fraction of sp³-hybridized carbons (Fsp3) is 0.800. The van der Waals surface area contributed by atoms with Crippen molar-refractivity contribution in [3.63, 3.8) is 0 Å². The normalized spacial score (nSPS) is 31.7. The number of esters is 2. The van der Waals surface area contributed by atoms with Gasteiger partial charge in [0.25, 0.3) is 0 Å². The van der Waals surface area contributed by atoms with Crippen molar-refractivity contribution in [2.24, 2.45) is 5.41 Å². The van der Waals surface area contributed by atoms with E-state index in [1.54, 1.807) is 0 Å². The Kier molecular flexibility index (Phi) is 4.07. The highest BCUT2D eigenvalue weighted by Crippen LogP contribution is 2.39. The molecule has 0 spiro atoms. The molecule has 0 heterocycles. The smallest absolute Gasteiger partial charge is 0.323 e. The highest BCUT2D eigenvalue weighted by atomic mass is 16.5. The van der Waals surface area contributed by atoms with Crippen LogP contribution >= 0.6 is 0 Å². The third-order valence-corrected chi connectivity index (χ3v) is 3.06. The number of ether oxygens (including phenoxy) is 2. The van der Waals surface area contributed by atoms with Gasteiger partial charge in [-0.3, -0.25) is 9.59 Å². The van der Waals surface area contributed by atoms with E-state index in [0.29, 0.717) is 0 Å². The zero-order valence-corrected chi connectivity index (χ0v) is 9.62. The third-order valence-electron chi connectivity index (χ3n) is 3.06. The van der Waals surface area contributed by atoms with Gasteiger partial charge in [0.2, 0.25) is 0 Å². The Labute approximate surface area is 98.0 Å². The van der Waals surface area contributed by atoms with E-state index in [-0.39, 0.29) is 12.8 Å². The third kappa shape index (κ3) is 2.26. The molecule has 1 aliphatic carbocycles. The second kappa shape index (κ2) is 4.99. The van der Waals surface area contributed by atoms with Gasteiger partial charge in [-0.2, -0.15) is 0 Å². The molecule has 2 atom stereocenters. The van der Waals surface area contributed by atoms with Gasteiger partial charge in [0.05, 0.1) is 26.4 Å². The highest BCUT2D eigenvalue weighted by Gasteiger charge is 2.56. The lowest BCUT2D eigenvalue weighted by atomic mass is 9.70. The van der Waals surface area contributed by atoms with Crippen molar-refractivity contribution in [1.29, 1.82) is 0 Å². The molecule has 0 unspecified atom stereocenters. The maximum Gasteiger partial charge on any atom is 0.323 e. The van der Waals surface area contributed by atoms with Crippen LogP contribution in [0.15, 0.2) is 0 Å². The molecule has 17 heavy (non-hydrogen) atoms. The molecule has 1 saturated carbocycles. The van der Waals surface area contributed by atoms with Crippen molar-refractivity contribution < 1.29 is 34.4 Å². The van der Waals surface area contributed by atoms with E-state index in [2.05, 4.69) is 9.47 Å². The molecule has 0 aromatic rings. The number of hydrogen-bond donors (Lipinski definition) is 3. The summed E-state index contributed by atoms with van der Waals surface area (Å²) in [4.78, 5) is 23.3. The molecule has 98 valence electrons. The van der Waals surface area contributed by atoms with Crippen molar-refractivity contribution >= 4 is 11.9 Å². The number of carbonyl (C=O) groups excluding carboxylic acids is 2. The predicted molar refractivity (Wildman–Crippen MR) is 53.7 cm³/mol. The van der Waals surface area contributed by atoms with Crippen LogP contribution in [0.25, 0.3) is 0 Å². The number of aliphatic hydroxyl groups is 3. The Morgan fingerprint density at radius 2 is 1.35 bits per heavy atom. The summed E-state index contributed by atoms with van der Waals surface area (Å²) in [5.74, 6) is -1.79. The van der Waals surface area contributed by atoms with E-state index in [4.69, 9.17) is 0 Å². The minimum Gasteiger partial charge on any atom is -0.468 e. The first-order valence-electron chi connectivity index (χ1n) is 5.10. The second-order valence-corrected chi connectivity index (χ2v) is 4.10. The van der Waals surface area contributed by atoms with Gasteiger partial charge in [-0.1, -0.05) is 0 Å². The summed E-state index contributed by atoms with van der Waals surface area (Å²) in [6, 6.07) is 0. The van der Waals surface area contributed by atoms with Gasteiger partial charge < -0.3 is 24.8 Å². The molecule has 0 radical (unpaired) electrons. The van der Waals surface area contributed by atoms with Gasteiger partial charge in [0.15, 0.2) is 5.41 Å². The zero-order chi connectivity index (χ0) is 13.2. The Morgan fingerprint density at radius 1 is 1.00 bits per heavy atom. The Bertz CT molecular complexity index is 284. The van der Waals surface area contributed by atoms with Crippen LogP contribution in [0, 0.1) is 5.41 Å². The first kappa shape index (κ1) is 13.9. The van der Waals surface area contributed by atoms with Crippen LogP contribution in [0.2, 0.25) is 0 Å². The maximum absolute atomic E-state index is 11.7. The standard InChI is InChI=1S/C10H16O7/c1-16-8(14)10(9(15)17-2)3-5(11)7(13)6(12)4-10/h5-7,11-13H,3-4H2,1-2H3/t5-,6-/m0/s1. The van der Waals surface area contributed by atoms with Crippen molar-refractivity contribution in [2.45, 2.75) is 31.2 Å². The van der Waals surface area contributed by atoms with Crippen LogP contribution in [0.3, 0.4) is 0 Å². The molecule has 0 aromatic heterocycles. The second-order valence-electron chi connectivity index (χ2n) is 4.10. The molecule has 0 aliphatic heterocycles. The van der Waals surface area contributed by atoms with Crippen molar-refractivity contribution in [3.8, 4) is 0 Å². The largest absolute Gasteiger partial charge is 0.468 e. The SMILES string of the molecule is COC(=O)C1(C(=O)OC)C[C@H](O)C(O)[C@@H](O)C1. The predicted octanol–water partition coefficient (Wildman–Crippen LogP) is -1.80. The average molecular weight is 248 g/mol. The number of hydrogen-bond acceptors (Lipinski definition) is 7. The van der Waals surface area contributed by atoms with Gasteiger partial charge in [-0.15, -0.1) is 0 Å². The van der Waals surface area contributed by atoms with Gasteiger partial charge in [0, 0.05) is 12.8 Å². The molecule has 7 nitrogen and oxygen atoms in total. The van der Waals surface area contributed by atoms with Crippen LogP contribution in [0.5, 0.6) is 0 Å². The average Bonchev–Trinajstić information content (AvgIpc) is 2.33. The van der Waals surface area contributed by atoms with E-state index in [1.165, 1.54) is 0 Å². The Balaban J connectivity index is 3.08. The summed E-state index contributed by atoms with van der Waals surface area (Å²) in [5.41, 5.74) is -1.76. The molecule has 7 heteroatoms. The summed E-state index contributed by atoms with van der Waals surface area (Å²) < 4.78 is 9.01. The molecule has 0 saturated heterocycles. The van der Waals surface area contributed by atoms with Gasteiger partial charge in [0.1, 0.15) is 6.10 Å². The number of aliphatic hydroxyl groups excluding tert-OH is 3. The Morgan fingerprint density at radius 3 is 1.65 bits per heavy atom. The highest BCUT2D eigenvalue weighted by molar-refractivity contribution is 6.00. The topological polar surface area (TPSA) is 113 Å². The maximum atomic E-state index is 11.7. The summed E-state index contributed by atoms with van der Waals surface area (Å²) in [7, 11) is 2.19. The zero-order valence-electron chi connectivity index (χ0n) is 9.62.